The van der Waals surface area contributed by atoms with Crippen molar-refractivity contribution in [2.75, 3.05) is 14.1 Å². The van der Waals surface area contributed by atoms with E-state index < -0.39 is 0 Å². The molecule has 176 valence electrons. The number of hydroxylamine groups is 2. The summed E-state index contributed by atoms with van der Waals surface area (Å²) in [7, 11) is 3.85. The third-order valence-electron chi connectivity index (χ3n) is 5.74. The summed E-state index contributed by atoms with van der Waals surface area (Å²) in [6.45, 7) is 22.4. The molecule has 0 aliphatic carbocycles. The first-order chi connectivity index (χ1) is 14.6. The van der Waals surface area contributed by atoms with Gasteiger partial charge in [0.25, 0.3) is 0 Å². The second kappa shape index (κ2) is 9.79. The van der Waals surface area contributed by atoms with Crippen LogP contribution in [0.3, 0.4) is 0 Å². The number of hydrogen-bond acceptors (Lipinski definition) is 3. The Morgan fingerprint density at radius 3 is 1.78 bits per heavy atom. The Bertz CT molecular complexity index is 928. The molecule has 0 unspecified atom stereocenters. The average Bonchev–Trinajstić information content (AvgIpc) is 2.64. The summed E-state index contributed by atoms with van der Waals surface area (Å²) < 4.78 is 0. The topological polar surface area (TPSA) is 24.8 Å². The third-order valence-corrected chi connectivity index (χ3v) is 5.74. The minimum Gasteiger partial charge on any atom is -0.406 e. The van der Waals surface area contributed by atoms with Gasteiger partial charge in [-0.3, -0.25) is 4.99 Å². The summed E-state index contributed by atoms with van der Waals surface area (Å²) >= 11 is 0. The van der Waals surface area contributed by atoms with Crippen molar-refractivity contribution in [3.63, 3.8) is 0 Å². The van der Waals surface area contributed by atoms with Crippen LogP contribution in [-0.2, 0) is 10.8 Å². The van der Waals surface area contributed by atoms with E-state index in [1.807, 2.05) is 20.3 Å². The van der Waals surface area contributed by atoms with E-state index in [-0.39, 0.29) is 10.8 Å². The second-order valence-corrected chi connectivity index (χ2v) is 11.7. The smallest absolute Gasteiger partial charge is 0.159 e. The van der Waals surface area contributed by atoms with Crippen LogP contribution in [0.15, 0.2) is 35.3 Å². The van der Waals surface area contributed by atoms with Gasteiger partial charge >= 0.3 is 0 Å². The Balaban J connectivity index is 2.81. The highest BCUT2D eigenvalue weighted by molar-refractivity contribution is 5.87. The van der Waals surface area contributed by atoms with Crippen LogP contribution in [-0.4, -0.2) is 25.4 Å². The zero-order valence-corrected chi connectivity index (χ0v) is 22.4. The predicted molar refractivity (Wildman–Crippen MR) is 140 cm³/mol. The molecule has 3 nitrogen and oxygen atoms in total. The highest BCUT2D eigenvalue weighted by atomic mass is 16.7. The van der Waals surface area contributed by atoms with Gasteiger partial charge in [0.2, 0.25) is 0 Å². The zero-order valence-electron chi connectivity index (χ0n) is 22.4. The van der Waals surface area contributed by atoms with Crippen molar-refractivity contribution >= 4 is 11.9 Å². The van der Waals surface area contributed by atoms with E-state index in [2.05, 4.69) is 99.6 Å². The normalized spacial score (nSPS) is 13.1. The van der Waals surface area contributed by atoms with Crippen molar-refractivity contribution in [2.24, 2.45) is 4.99 Å². The van der Waals surface area contributed by atoms with E-state index in [1.165, 1.54) is 22.3 Å². The van der Waals surface area contributed by atoms with Crippen molar-refractivity contribution in [1.29, 1.82) is 0 Å². The lowest BCUT2D eigenvalue weighted by atomic mass is 9.79. The number of hydrogen-bond donors (Lipinski definition) is 0. The fraction of sp³-hybridized carbons (Fsp3) is 0.552. The lowest BCUT2D eigenvalue weighted by molar-refractivity contribution is -0.00532. The van der Waals surface area contributed by atoms with E-state index in [0.717, 1.165) is 17.0 Å². The molecular weight excluding hydrogens is 392 g/mol. The number of benzene rings is 2. The van der Waals surface area contributed by atoms with Crippen molar-refractivity contribution in [3.8, 4) is 5.75 Å². The number of rotatable bonds is 6. The Kier molecular flexibility index (Phi) is 7.99. The molecule has 0 amide bonds. The monoisotopic (exact) mass is 436 g/mol. The molecule has 0 fully saturated rings. The number of nitrogens with zero attached hydrogens (tertiary/aromatic N) is 2. The quantitative estimate of drug-likeness (QED) is 0.337. The average molecular weight is 437 g/mol. The van der Waals surface area contributed by atoms with Gasteiger partial charge in [0.1, 0.15) is 0 Å². The predicted octanol–water partition coefficient (Wildman–Crippen LogP) is 8.13. The minimum atomic E-state index is -0.0614. The molecule has 0 N–H and O–H groups in total. The molecule has 2 aromatic rings. The van der Waals surface area contributed by atoms with Crippen LogP contribution in [0.4, 0.5) is 5.69 Å². The molecule has 0 saturated heterocycles. The summed E-state index contributed by atoms with van der Waals surface area (Å²) in [6.07, 6.45) is 2.01. The van der Waals surface area contributed by atoms with Gasteiger partial charge < -0.3 is 4.84 Å². The first kappa shape index (κ1) is 26.1. The van der Waals surface area contributed by atoms with Gasteiger partial charge in [-0.1, -0.05) is 93.5 Å². The van der Waals surface area contributed by atoms with Crippen molar-refractivity contribution in [1.82, 2.24) is 5.06 Å². The van der Waals surface area contributed by atoms with Crippen LogP contribution in [0.5, 0.6) is 5.75 Å². The molecule has 0 saturated carbocycles. The number of para-hydroxylation sites is 1. The Hall–Kier alpha value is -2.13. The molecule has 0 radical (unpaired) electrons. The first-order valence-electron chi connectivity index (χ1n) is 11.8. The summed E-state index contributed by atoms with van der Waals surface area (Å²) in [4.78, 5) is 11.4. The molecule has 0 aliphatic heterocycles. The Morgan fingerprint density at radius 1 is 0.844 bits per heavy atom. The van der Waals surface area contributed by atoms with Gasteiger partial charge in [-0.2, -0.15) is 5.06 Å². The van der Waals surface area contributed by atoms with Gasteiger partial charge in [-0.05, 0) is 45.4 Å². The van der Waals surface area contributed by atoms with Gasteiger partial charge in [0, 0.05) is 31.4 Å². The van der Waals surface area contributed by atoms with Crippen LogP contribution in [0.1, 0.15) is 109 Å². The lowest BCUT2D eigenvalue weighted by Gasteiger charge is -2.29. The molecule has 0 heterocycles. The van der Waals surface area contributed by atoms with Crippen LogP contribution in [0.2, 0.25) is 0 Å². The lowest BCUT2D eigenvalue weighted by Crippen LogP contribution is -2.23. The SMILES string of the molecule is CC(C)c1cccc(C(C)C)c1/N=C/c1cc(C(C)(C)C)cc(C(C)(C)C)c1ON(C)C. The first-order valence-corrected chi connectivity index (χ1v) is 11.8. The Morgan fingerprint density at radius 2 is 1.38 bits per heavy atom. The number of aliphatic imine (C=N–C) groups is 1. The standard InChI is InChI=1S/C29H44N2O/c1-19(2)23-14-13-15-24(20(3)4)26(23)30-18-21-16-22(28(5,6)7)17-25(29(8,9)10)27(21)32-31(11)12/h13-20H,1-12H3/b30-18+. The molecule has 0 bridgehead atoms. The summed E-state index contributed by atoms with van der Waals surface area (Å²) in [5.41, 5.74) is 7.12. The fourth-order valence-corrected chi connectivity index (χ4v) is 3.82. The van der Waals surface area contributed by atoms with Gasteiger partial charge in [0.05, 0.1) is 5.69 Å². The van der Waals surface area contributed by atoms with E-state index in [0.29, 0.717) is 11.8 Å². The van der Waals surface area contributed by atoms with Crippen molar-refractivity contribution in [3.05, 3.63) is 58.1 Å². The molecule has 3 heteroatoms. The van der Waals surface area contributed by atoms with Crippen molar-refractivity contribution in [2.45, 2.75) is 91.9 Å². The maximum Gasteiger partial charge on any atom is 0.159 e. The van der Waals surface area contributed by atoms with E-state index in [4.69, 9.17) is 9.83 Å². The summed E-state index contributed by atoms with van der Waals surface area (Å²) in [5, 5.41) is 1.76. The van der Waals surface area contributed by atoms with Gasteiger partial charge in [-0.15, -0.1) is 0 Å². The molecule has 0 atom stereocenters. The molecule has 32 heavy (non-hydrogen) atoms. The molecule has 0 aromatic heterocycles. The molecule has 2 aromatic carbocycles. The third kappa shape index (κ3) is 6.22. The summed E-state index contributed by atoms with van der Waals surface area (Å²) in [5.74, 6) is 1.70. The molecule has 2 rings (SSSR count). The largest absolute Gasteiger partial charge is 0.406 e. The van der Waals surface area contributed by atoms with E-state index in [1.54, 1.807) is 5.06 Å². The van der Waals surface area contributed by atoms with E-state index in [9.17, 15) is 0 Å². The second-order valence-electron chi connectivity index (χ2n) is 11.7. The van der Waals surface area contributed by atoms with Crippen molar-refractivity contribution < 1.29 is 4.84 Å². The Labute approximate surface area is 196 Å². The van der Waals surface area contributed by atoms with Gasteiger partial charge in [-0.25, -0.2) is 0 Å². The zero-order chi connectivity index (χ0) is 24.4. The molecule has 0 spiro atoms. The molecular formula is C29H44N2O. The van der Waals surface area contributed by atoms with Crippen LogP contribution < -0.4 is 4.84 Å². The van der Waals surface area contributed by atoms with E-state index >= 15 is 0 Å². The van der Waals surface area contributed by atoms with Crippen LogP contribution in [0.25, 0.3) is 0 Å². The van der Waals surface area contributed by atoms with Crippen LogP contribution >= 0.6 is 0 Å². The van der Waals surface area contributed by atoms with Gasteiger partial charge in [0.15, 0.2) is 5.75 Å². The summed E-state index contributed by atoms with van der Waals surface area (Å²) in [6, 6.07) is 11.1. The fourth-order valence-electron chi connectivity index (χ4n) is 3.82. The maximum absolute atomic E-state index is 6.26. The highest BCUT2D eigenvalue weighted by Crippen LogP contribution is 2.39. The van der Waals surface area contributed by atoms with Crippen LogP contribution in [0, 0.1) is 0 Å². The minimum absolute atomic E-state index is 0.0260. The maximum atomic E-state index is 6.26. The molecule has 0 aliphatic rings. The highest BCUT2D eigenvalue weighted by Gasteiger charge is 2.26.